The number of halogens is 3. The van der Waals surface area contributed by atoms with Gasteiger partial charge in [-0.3, -0.25) is 9.69 Å². The fourth-order valence-electron chi connectivity index (χ4n) is 7.91. The van der Waals surface area contributed by atoms with Crippen LogP contribution in [-0.2, 0) is 17.6 Å². The van der Waals surface area contributed by atoms with Crippen molar-refractivity contribution in [2.24, 2.45) is 5.92 Å². The normalized spacial score (nSPS) is 26.4. The molecule has 2 fully saturated rings. The van der Waals surface area contributed by atoms with Crippen molar-refractivity contribution in [1.29, 1.82) is 0 Å². The molecule has 214 valence electrons. The molecule has 1 saturated heterocycles. The number of likely N-dealkylation sites (tertiary alicyclic amines) is 1. The molecule has 4 aliphatic rings. The minimum absolute atomic E-state index is 0.0122. The molecule has 0 radical (unpaired) electrons. The Hall–Kier alpha value is -3.46. The van der Waals surface area contributed by atoms with Crippen molar-refractivity contribution in [1.82, 2.24) is 14.3 Å². The number of hydrogen-bond donors (Lipinski definition) is 2. The molecule has 1 amide bonds. The molecule has 7 nitrogen and oxygen atoms in total. The third-order valence-electron chi connectivity index (χ3n) is 9.88. The smallest absolute Gasteiger partial charge is 0.336 e. The molecule has 4 aromatic rings. The maximum Gasteiger partial charge on any atom is 0.336 e. The summed E-state index contributed by atoms with van der Waals surface area (Å²) >= 11 is 12.7. The molecule has 2 aromatic heterocycles. The van der Waals surface area contributed by atoms with Crippen LogP contribution in [-0.4, -0.2) is 49.4 Å². The van der Waals surface area contributed by atoms with E-state index in [4.69, 9.17) is 28.2 Å². The van der Waals surface area contributed by atoms with Gasteiger partial charge in [0.2, 0.25) is 5.91 Å². The van der Waals surface area contributed by atoms with E-state index in [1.807, 2.05) is 22.7 Å². The number of aromatic nitrogens is 2. The Morgan fingerprint density at radius 3 is 2.79 bits per heavy atom. The first-order chi connectivity index (χ1) is 20.2. The van der Waals surface area contributed by atoms with Gasteiger partial charge in [0.1, 0.15) is 17.0 Å². The number of carboxylic acid groups (broad SMARTS) is 1. The molecule has 10 heteroatoms. The van der Waals surface area contributed by atoms with Crippen molar-refractivity contribution in [3.63, 3.8) is 0 Å². The van der Waals surface area contributed by atoms with E-state index in [2.05, 4.69) is 10.2 Å². The zero-order chi connectivity index (χ0) is 29.1. The van der Waals surface area contributed by atoms with Gasteiger partial charge < -0.3 is 14.8 Å². The van der Waals surface area contributed by atoms with Gasteiger partial charge in [0.15, 0.2) is 0 Å². The van der Waals surface area contributed by atoms with E-state index in [1.165, 1.54) is 6.07 Å². The SMILES string of the molecule is Cc1cn2c3c(nc2cc1C(=O)O)[C@@H]1[C@H](C3)N(CC2CC2)[C@]2(Cc3ccc(Cl)cc3NC2=O)[C@H]1c1cccc(Cl)c1F. The molecule has 1 saturated carbocycles. The van der Waals surface area contributed by atoms with Gasteiger partial charge in [-0.25, -0.2) is 14.2 Å². The minimum Gasteiger partial charge on any atom is -0.478 e. The molecule has 2 aromatic carbocycles. The van der Waals surface area contributed by atoms with Crippen molar-refractivity contribution >= 4 is 46.4 Å². The average molecular weight is 605 g/mol. The zero-order valence-corrected chi connectivity index (χ0v) is 24.2. The van der Waals surface area contributed by atoms with E-state index < -0.39 is 23.2 Å². The van der Waals surface area contributed by atoms with Crippen LogP contribution in [0.25, 0.3) is 5.65 Å². The van der Waals surface area contributed by atoms with Crippen LogP contribution in [0.15, 0.2) is 48.7 Å². The van der Waals surface area contributed by atoms with Gasteiger partial charge >= 0.3 is 5.97 Å². The molecular formula is C32H27Cl2FN4O3. The highest BCUT2D eigenvalue weighted by atomic mass is 35.5. The number of carbonyl (C=O) groups is 2. The van der Waals surface area contributed by atoms with Crippen molar-refractivity contribution in [2.45, 2.75) is 56.0 Å². The van der Waals surface area contributed by atoms with Crippen LogP contribution < -0.4 is 5.32 Å². The number of fused-ring (bicyclic) bond motifs is 6. The Kier molecular flexibility index (Phi) is 5.62. The molecule has 4 atom stereocenters. The lowest BCUT2D eigenvalue weighted by Crippen LogP contribution is -2.61. The van der Waals surface area contributed by atoms with Gasteiger partial charge in [-0.2, -0.15) is 0 Å². The minimum atomic E-state index is -1.08. The molecule has 4 heterocycles. The number of carbonyl (C=O) groups excluding carboxylic acids is 1. The van der Waals surface area contributed by atoms with Crippen LogP contribution in [0.4, 0.5) is 10.1 Å². The molecule has 0 unspecified atom stereocenters. The van der Waals surface area contributed by atoms with Gasteiger partial charge in [-0.05, 0) is 66.6 Å². The lowest BCUT2D eigenvalue weighted by Gasteiger charge is -2.46. The predicted octanol–water partition coefficient (Wildman–Crippen LogP) is 6.24. The fourth-order valence-corrected chi connectivity index (χ4v) is 8.26. The summed E-state index contributed by atoms with van der Waals surface area (Å²) in [7, 11) is 0. The van der Waals surface area contributed by atoms with E-state index in [9.17, 15) is 14.7 Å². The number of nitrogens with one attached hydrogen (secondary N) is 1. The van der Waals surface area contributed by atoms with Gasteiger partial charge in [-0.15, -0.1) is 0 Å². The van der Waals surface area contributed by atoms with Gasteiger partial charge in [-0.1, -0.05) is 41.4 Å². The third kappa shape index (κ3) is 3.58. The lowest BCUT2D eigenvalue weighted by molar-refractivity contribution is -0.129. The van der Waals surface area contributed by atoms with E-state index in [-0.39, 0.29) is 28.5 Å². The molecule has 8 rings (SSSR count). The first-order valence-electron chi connectivity index (χ1n) is 14.2. The van der Waals surface area contributed by atoms with E-state index in [1.54, 1.807) is 31.2 Å². The second-order valence-electron chi connectivity index (χ2n) is 12.2. The lowest BCUT2D eigenvalue weighted by atomic mass is 9.69. The highest BCUT2D eigenvalue weighted by Gasteiger charge is 2.67. The van der Waals surface area contributed by atoms with E-state index in [0.717, 1.165) is 36.3 Å². The van der Waals surface area contributed by atoms with Crippen molar-refractivity contribution < 1.29 is 19.1 Å². The largest absolute Gasteiger partial charge is 0.478 e. The quantitative estimate of drug-likeness (QED) is 0.288. The number of aromatic carboxylic acids is 1. The number of benzene rings is 2. The summed E-state index contributed by atoms with van der Waals surface area (Å²) in [5.74, 6) is -2.13. The number of aryl methyl sites for hydroxylation is 1. The Morgan fingerprint density at radius 2 is 2.02 bits per heavy atom. The predicted molar refractivity (Wildman–Crippen MR) is 157 cm³/mol. The number of carboxylic acids is 1. The van der Waals surface area contributed by atoms with Crippen LogP contribution in [0.1, 0.15) is 63.1 Å². The van der Waals surface area contributed by atoms with E-state index >= 15 is 4.39 Å². The second-order valence-corrected chi connectivity index (χ2v) is 13.1. The van der Waals surface area contributed by atoms with E-state index in [0.29, 0.717) is 46.2 Å². The highest BCUT2D eigenvalue weighted by Crippen LogP contribution is 2.61. The van der Waals surface area contributed by atoms with Crippen molar-refractivity contribution in [3.05, 3.63) is 98.2 Å². The van der Waals surface area contributed by atoms with Crippen LogP contribution in [0.5, 0.6) is 0 Å². The average Bonchev–Trinajstić information content (AvgIpc) is 3.54. The Bertz CT molecular complexity index is 1850. The van der Waals surface area contributed by atoms with Crippen LogP contribution in [0, 0.1) is 18.7 Å². The molecule has 2 aliphatic carbocycles. The molecule has 2 aliphatic heterocycles. The number of pyridine rings is 1. The molecular weight excluding hydrogens is 578 g/mol. The number of rotatable bonds is 4. The maximum atomic E-state index is 16.1. The molecule has 1 spiro atoms. The number of hydrogen-bond acceptors (Lipinski definition) is 4. The topological polar surface area (TPSA) is 86.9 Å². The first kappa shape index (κ1) is 26.2. The third-order valence-corrected chi connectivity index (χ3v) is 10.4. The summed E-state index contributed by atoms with van der Waals surface area (Å²) in [6, 6.07) is 12.0. The summed E-state index contributed by atoms with van der Waals surface area (Å²) in [6.07, 6.45) is 5.03. The standard InChI is InChI=1S/C32H27Cl2FN4O3/c1-15-13-38-24-11-23-26(29(24)37-25(38)10-20(15)30(40)41)27(19-3-2-4-21(34)28(19)35)32(39(23)14-16-5-6-16)12-17-7-8-18(33)9-22(17)36-31(32)42/h2-4,7-10,13,16,23,26-27H,5-6,11-12,14H2,1H3,(H,36,42)(H,40,41)/t23-,26+,27-,32+/m0/s1. The summed E-state index contributed by atoms with van der Waals surface area (Å²) in [6.45, 7) is 2.50. The Balaban J connectivity index is 1.38. The Morgan fingerprint density at radius 1 is 1.21 bits per heavy atom. The number of nitrogens with zero attached hydrogens (tertiary/aromatic N) is 3. The summed E-state index contributed by atoms with van der Waals surface area (Å²) < 4.78 is 18.1. The van der Waals surface area contributed by atoms with Gasteiger partial charge in [0.05, 0.1) is 16.3 Å². The highest BCUT2D eigenvalue weighted by molar-refractivity contribution is 6.31. The number of amides is 1. The monoisotopic (exact) mass is 604 g/mol. The maximum absolute atomic E-state index is 16.1. The second kappa shape index (κ2) is 9.02. The van der Waals surface area contributed by atoms with Crippen LogP contribution in [0.3, 0.4) is 0 Å². The molecule has 42 heavy (non-hydrogen) atoms. The Labute approximate surface area is 251 Å². The number of anilines is 1. The fraction of sp³-hybridized carbons (Fsp3) is 0.344. The van der Waals surface area contributed by atoms with Crippen molar-refractivity contribution in [2.75, 3.05) is 11.9 Å². The summed E-state index contributed by atoms with van der Waals surface area (Å²) in [5.41, 5.74) is 4.08. The van der Waals surface area contributed by atoms with Crippen molar-refractivity contribution in [3.8, 4) is 0 Å². The van der Waals surface area contributed by atoms with Gasteiger partial charge in [0.25, 0.3) is 0 Å². The van der Waals surface area contributed by atoms with Gasteiger partial charge in [0, 0.05) is 59.9 Å². The first-order valence-corrected chi connectivity index (χ1v) is 15.0. The molecule has 2 N–H and O–H groups in total. The summed E-state index contributed by atoms with van der Waals surface area (Å²) in [5, 5.41) is 13.4. The van der Waals surface area contributed by atoms with Crippen LogP contribution >= 0.6 is 23.2 Å². The number of imidazole rings is 1. The van der Waals surface area contributed by atoms with Crippen LogP contribution in [0.2, 0.25) is 10.0 Å². The summed E-state index contributed by atoms with van der Waals surface area (Å²) in [4.78, 5) is 33.8. The zero-order valence-electron chi connectivity index (χ0n) is 22.7. The molecule has 0 bridgehead atoms.